The zero-order chi connectivity index (χ0) is 24.8. The third-order valence-electron chi connectivity index (χ3n) is 7.03. The van der Waals surface area contributed by atoms with Gasteiger partial charge in [0.25, 0.3) is 0 Å². The maximum Gasteiger partial charge on any atom is 0.329 e. The average molecular weight is 479 g/mol. The summed E-state index contributed by atoms with van der Waals surface area (Å²) in [5, 5.41) is 13.9. The Hall–Kier alpha value is -2.99. The lowest BCUT2D eigenvalue weighted by Crippen LogP contribution is -2.23. The van der Waals surface area contributed by atoms with Gasteiger partial charge in [-0.2, -0.15) is 5.10 Å². The van der Waals surface area contributed by atoms with E-state index in [0.717, 1.165) is 67.6 Å². The van der Waals surface area contributed by atoms with Crippen LogP contribution in [0.1, 0.15) is 50.3 Å². The molecular weight excluding hydrogens is 443 g/mol. The second kappa shape index (κ2) is 11.6. The molecule has 0 amide bonds. The van der Waals surface area contributed by atoms with E-state index in [1.54, 1.807) is 0 Å². The van der Waals surface area contributed by atoms with Gasteiger partial charge in [0.05, 0.1) is 6.61 Å². The maximum absolute atomic E-state index is 15.4. The zero-order valence-electron chi connectivity index (χ0n) is 20.7. The van der Waals surface area contributed by atoms with Crippen molar-refractivity contribution in [2.75, 3.05) is 13.2 Å². The van der Waals surface area contributed by atoms with E-state index in [-0.39, 0.29) is 12.4 Å². The number of aliphatic carboxylic acids is 1. The van der Waals surface area contributed by atoms with Crippen molar-refractivity contribution in [3.63, 3.8) is 0 Å². The van der Waals surface area contributed by atoms with Crippen molar-refractivity contribution in [2.24, 2.45) is 11.8 Å². The normalized spacial score (nSPS) is 18.0. The quantitative estimate of drug-likeness (QED) is 0.360. The van der Waals surface area contributed by atoms with Gasteiger partial charge in [-0.15, -0.1) is 0 Å². The Bertz CT molecular complexity index is 1130. The van der Waals surface area contributed by atoms with Crippen LogP contribution in [0.5, 0.6) is 0 Å². The van der Waals surface area contributed by atoms with Crippen molar-refractivity contribution in [1.29, 1.82) is 0 Å². The number of aryl methyl sites for hydroxylation is 1. The van der Waals surface area contributed by atoms with Gasteiger partial charge >= 0.3 is 5.97 Å². The van der Waals surface area contributed by atoms with Crippen LogP contribution in [-0.4, -0.2) is 34.1 Å². The van der Waals surface area contributed by atoms with E-state index in [1.807, 2.05) is 55.5 Å². The second-order valence-corrected chi connectivity index (χ2v) is 9.70. The third kappa shape index (κ3) is 5.99. The number of halogens is 1. The molecule has 35 heavy (non-hydrogen) atoms. The van der Waals surface area contributed by atoms with E-state index in [0.29, 0.717) is 29.6 Å². The second-order valence-electron chi connectivity index (χ2n) is 9.70. The first-order valence-electron chi connectivity index (χ1n) is 12.7. The lowest BCUT2D eigenvalue weighted by atomic mass is 9.82. The summed E-state index contributed by atoms with van der Waals surface area (Å²) in [6, 6.07) is 15.7. The smallest absolute Gasteiger partial charge is 0.329 e. The first-order chi connectivity index (χ1) is 17.0. The van der Waals surface area contributed by atoms with Crippen molar-refractivity contribution in [3.8, 4) is 22.4 Å². The molecule has 4 rings (SSSR count). The van der Waals surface area contributed by atoms with Crippen LogP contribution in [0.15, 0.2) is 48.5 Å². The Morgan fingerprint density at radius 2 is 1.80 bits per heavy atom. The van der Waals surface area contributed by atoms with Gasteiger partial charge in [-0.1, -0.05) is 61.9 Å². The van der Waals surface area contributed by atoms with Crippen molar-refractivity contribution < 1.29 is 19.0 Å². The maximum atomic E-state index is 15.4. The molecule has 1 N–H and O–H groups in total. The average Bonchev–Trinajstić information content (AvgIpc) is 3.20. The summed E-state index contributed by atoms with van der Waals surface area (Å²) in [6.45, 7) is 5.05. The molecule has 1 aromatic heterocycles. The van der Waals surface area contributed by atoms with Crippen molar-refractivity contribution >= 4 is 5.97 Å². The fourth-order valence-corrected chi connectivity index (χ4v) is 5.20. The molecule has 3 aromatic rings. The van der Waals surface area contributed by atoms with Crippen LogP contribution >= 0.6 is 0 Å². The predicted molar refractivity (Wildman–Crippen MR) is 136 cm³/mol. The van der Waals surface area contributed by atoms with Gasteiger partial charge in [-0.05, 0) is 56.4 Å². The molecule has 1 aliphatic carbocycles. The van der Waals surface area contributed by atoms with Crippen molar-refractivity contribution in [1.82, 2.24) is 9.78 Å². The van der Waals surface area contributed by atoms with E-state index in [1.165, 1.54) is 0 Å². The summed E-state index contributed by atoms with van der Waals surface area (Å²) in [4.78, 5) is 10.7. The molecule has 0 radical (unpaired) electrons. The minimum absolute atomic E-state index is 0.177. The molecule has 1 heterocycles. The summed E-state index contributed by atoms with van der Waals surface area (Å²) in [6.07, 6.45) is 5.96. The fraction of sp³-hybridized carbons (Fsp3) is 0.448. The van der Waals surface area contributed by atoms with E-state index in [2.05, 4.69) is 11.6 Å². The van der Waals surface area contributed by atoms with E-state index >= 15 is 4.39 Å². The molecule has 0 spiro atoms. The highest BCUT2D eigenvalue weighted by molar-refractivity contribution is 5.83. The number of carbonyl (C=O) groups is 1. The van der Waals surface area contributed by atoms with E-state index < -0.39 is 5.97 Å². The lowest BCUT2D eigenvalue weighted by Gasteiger charge is -2.28. The summed E-state index contributed by atoms with van der Waals surface area (Å²) in [7, 11) is 0. The monoisotopic (exact) mass is 478 g/mol. The number of hydrogen-bond acceptors (Lipinski definition) is 3. The fourth-order valence-electron chi connectivity index (χ4n) is 5.20. The number of carboxylic acids is 1. The van der Waals surface area contributed by atoms with Crippen LogP contribution in [0.3, 0.4) is 0 Å². The van der Waals surface area contributed by atoms with Crippen LogP contribution in [0.4, 0.5) is 4.39 Å². The third-order valence-corrected chi connectivity index (χ3v) is 7.03. The minimum atomic E-state index is -0.920. The van der Waals surface area contributed by atoms with Gasteiger partial charge in [0.1, 0.15) is 18.1 Å². The number of ether oxygens (including phenoxy) is 1. The van der Waals surface area contributed by atoms with E-state index in [9.17, 15) is 4.79 Å². The van der Waals surface area contributed by atoms with E-state index in [4.69, 9.17) is 14.9 Å². The van der Waals surface area contributed by atoms with Crippen LogP contribution in [-0.2, 0) is 22.5 Å². The number of benzene rings is 2. The molecule has 0 aliphatic heterocycles. The van der Waals surface area contributed by atoms with Crippen molar-refractivity contribution in [2.45, 2.75) is 58.9 Å². The van der Waals surface area contributed by atoms with Gasteiger partial charge in [0.2, 0.25) is 0 Å². The number of rotatable bonds is 10. The molecule has 6 heteroatoms. The molecule has 0 bridgehead atoms. The highest BCUT2D eigenvalue weighted by atomic mass is 19.1. The molecular formula is C29H35FN2O3. The van der Waals surface area contributed by atoms with Crippen LogP contribution in [0.25, 0.3) is 22.4 Å². The van der Waals surface area contributed by atoms with Crippen LogP contribution < -0.4 is 0 Å². The molecule has 0 saturated heterocycles. The topological polar surface area (TPSA) is 64.4 Å². The highest BCUT2D eigenvalue weighted by Crippen LogP contribution is 2.38. The summed E-state index contributed by atoms with van der Waals surface area (Å²) in [5.74, 6) is -0.199. The van der Waals surface area contributed by atoms with Gasteiger partial charge in [0, 0.05) is 28.9 Å². The number of carboxylic acid groups (broad SMARTS) is 1. The molecule has 1 aliphatic rings. The summed E-state index contributed by atoms with van der Waals surface area (Å²) >= 11 is 0. The Kier molecular flexibility index (Phi) is 8.34. The molecule has 1 saturated carbocycles. The Labute approximate surface area is 206 Å². The van der Waals surface area contributed by atoms with Gasteiger partial charge in [-0.25, -0.2) is 9.18 Å². The van der Waals surface area contributed by atoms with Gasteiger partial charge in [-0.3, -0.25) is 4.68 Å². The standard InChI is InChI=1S/C29H35FN2O3/c1-3-8-25-27(24-12-7-9-20(2)28(24)30)29(23-10-5-4-6-11-23)31-32(25)17-21-13-15-22(16-14-21)18-35-19-26(33)34/h4-7,9-12,21-22H,3,8,13-19H2,1-2H3,(H,33,34). The lowest BCUT2D eigenvalue weighted by molar-refractivity contribution is -0.142. The first kappa shape index (κ1) is 25.1. The molecule has 0 unspecified atom stereocenters. The minimum Gasteiger partial charge on any atom is -0.480 e. The molecule has 5 nitrogen and oxygen atoms in total. The Balaban J connectivity index is 1.62. The number of nitrogens with zero attached hydrogens (tertiary/aromatic N) is 2. The number of aromatic nitrogens is 2. The summed E-state index contributed by atoms with van der Waals surface area (Å²) < 4.78 is 22.8. The SMILES string of the molecule is CCCc1c(-c2cccc(C)c2F)c(-c2ccccc2)nn1CC1CCC(COCC(=O)O)CC1. The number of hydrogen-bond donors (Lipinski definition) is 1. The molecule has 186 valence electrons. The summed E-state index contributed by atoms with van der Waals surface area (Å²) in [5.41, 5.74) is 5.11. The molecule has 1 fully saturated rings. The first-order valence-corrected chi connectivity index (χ1v) is 12.7. The Morgan fingerprint density at radius 3 is 2.49 bits per heavy atom. The van der Waals surface area contributed by atoms with Gasteiger partial charge < -0.3 is 9.84 Å². The molecule has 2 aromatic carbocycles. The molecule has 0 atom stereocenters. The van der Waals surface area contributed by atoms with Crippen LogP contribution in [0.2, 0.25) is 0 Å². The van der Waals surface area contributed by atoms with Crippen molar-refractivity contribution in [3.05, 3.63) is 65.6 Å². The predicted octanol–water partition coefficient (Wildman–Crippen LogP) is 6.52. The largest absolute Gasteiger partial charge is 0.480 e. The van der Waals surface area contributed by atoms with Crippen LogP contribution in [0, 0.1) is 24.6 Å². The zero-order valence-corrected chi connectivity index (χ0v) is 20.7. The highest BCUT2D eigenvalue weighted by Gasteiger charge is 2.27. The van der Waals surface area contributed by atoms with Gasteiger partial charge in [0.15, 0.2) is 0 Å². The Morgan fingerprint density at radius 1 is 1.09 bits per heavy atom.